The van der Waals surface area contributed by atoms with Gasteiger partial charge in [0.25, 0.3) is 0 Å². The van der Waals surface area contributed by atoms with Crippen LogP contribution in [-0.4, -0.2) is 26.7 Å². The van der Waals surface area contributed by atoms with E-state index in [9.17, 15) is 22.4 Å². The summed E-state index contributed by atoms with van der Waals surface area (Å²) < 4.78 is 52.4. The minimum Gasteiger partial charge on any atom is -0.307 e. The van der Waals surface area contributed by atoms with Crippen LogP contribution >= 0.6 is 0 Å². The molecule has 1 heterocycles. The van der Waals surface area contributed by atoms with Crippen molar-refractivity contribution >= 4 is 17.4 Å². The molecule has 26 heavy (non-hydrogen) atoms. The molecule has 0 aliphatic rings. The Balaban J connectivity index is 1.85. The van der Waals surface area contributed by atoms with E-state index in [4.69, 9.17) is 0 Å². The lowest BCUT2D eigenvalue weighted by atomic mass is 10.1. The molecule has 0 unspecified atom stereocenters. The van der Waals surface area contributed by atoms with Crippen molar-refractivity contribution in [2.75, 3.05) is 10.6 Å². The molecule has 0 fully saturated rings. The summed E-state index contributed by atoms with van der Waals surface area (Å²) in [5.41, 5.74) is -1.24. The van der Waals surface area contributed by atoms with E-state index in [-0.39, 0.29) is 17.1 Å². The van der Waals surface area contributed by atoms with E-state index >= 15 is 0 Å². The minimum atomic E-state index is -4.64. The van der Waals surface area contributed by atoms with Crippen LogP contribution in [0.1, 0.15) is 5.56 Å². The molecular formula is C15H10F4N6O. The van der Waals surface area contributed by atoms with Gasteiger partial charge >= 0.3 is 12.2 Å². The van der Waals surface area contributed by atoms with Crippen LogP contribution in [0.4, 0.5) is 33.7 Å². The van der Waals surface area contributed by atoms with Crippen molar-refractivity contribution < 1.29 is 22.4 Å². The first-order chi connectivity index (χ1) is 12.3. The Morgan fingerprint density at radius 2 is 1.77 bits per heavy atom. The van der Waals surface area contributed by atoms with Crippen molar-refractivity contribution in [3.8, 4) is 11.4 Å². The molecule has 0 spiro atoms. The van der Waals surface area contributed by atoms with E-state index in [0.717, 1.165) is 24.3 Å². The fourth-order valence-electron chi connectivity index (χ4n) is 2.21. The number of alkyl halides is 3. The largest absolute Gasteiger partial charge is 0.418 e. The van der Waals surface area contributed by atoms with Gasteiger partial charge < -0.3 is 10.6 Å². The molecule has 1 aromatic heterocycles. The monoisotopic (exact) mass is 366 g/mol. The molecule has 134 valence electrons. The number of halogens is 4. The fourth-order valence-corrected chi connectivity index (χ4v) is 2.21. The average molecular weight is 366 g/mol. The number of H-pyrrole nitrogens is 1. The number of carbonyl (C=O) groups excluding carboxylic acids is 1. The molecule has 11 heteroatoms. The van der Waals surface area contributed by atoms with Crippen LogP contribution in [0.5, 0.6) is 0 Å². The van der Waals surface area contributed by atoms with Gasteiger partial charge in [0.1, 0.15) is 5.82 Å². The minimum absolute atomic E-state index is 0.0339. The zero-order valence-corrected chi connectivity index (χ0v) is 12.8. The molecule has 3 rings (SSSR count). The third kappa shape index (κ3) is 3.77. The summed E-state index contributed by atoms with van der Waals surface area (Å²) in [5.74, 6) is -0.584. The van der Waals surface area contributed by atoms with Crippen LogP contribution in [0, 0.1) is 5.82 Å². The van der Waals surface area contributed by atoms with E-state index in [1.165, 1.54) is 18.2 Å². The molecule has 0 saturated carbocycles. The molecular weight excluding hydrogens is 356 g/mol. The number of para-hydroxylation sites is 1. The van der Waals surface area contributed by atoms with Gasteiger partial charge in [-0.15, -0.1) is 10.2 Å². The Labute approximate surface area is 143 Å². The smallest absolute Gasteiger partial charge is 0.307 e. The molecule has 3 aromatic rings. The maximum atomic E-state index is 13.5. The summed E-state index contributed by atoms with van der Waals surface area (Å²) in [6.07, 6.45) is -4.64. The number of carbonyl (C=O) groups is 1. The van der Waals surface area contributed by atoms with Crippen LogP contribution in [-0.2, 0) is 6.18 Å². The summed E-state index contributed by atoms with van der Waals surface area (Å²) in [7, 11) is 0. The number of urea groups is 1. The van der Waals surface area contributed by atoms with Gasteiger partial charge in [-0.1, -0.05) is 12.1 Å². The Morgan fingerprint density at radius 3 is 2.46 bits per heavy atom. The molecule has 0 atom stereocenters. The highest BCUT2D eigenvalue weighted by Gasteiger charge is 2.33. The maximum absolute atomic E-state index is 13.5. The number of rotatable bonds is 3. The number of nitrogens with one attached hydrogen (secondary N) is 3. The molecule has 0 aliphatic heterocycles. The lowest BCUT2D eigenvalue weighted by molar-refractivity contribution is -0.136. The van der Waals surface area contributed by atoms with Crippen LogP contribution in [0.25, 0.3) is 11.4 Å². The number of tetrazole rings is 1. The Morgan fingerprint density at radius 1 is 1.04 bits per heavy atom. The predicted octanol–water partition coefficient (Wildman–Crippen LogP) is 3.67. The number of anilines is 2. The SMILES string of the molecule is O=C(Nc1cc(F)ccc1-c1nn[nH]n1)Nc1ccccc1C(F)(F)F. The van der Waals surface area contributed by atoms with Crippen molar-refractivity contribution in [1.29, 1.82) is 0 Å². The van der Waals surface area contributed by atoms with Crippen molar-refractivity contribution in [1.82, 2.24) is 20.6 Å². The van der Waals surface area contributed by atoms with Crippen molar-refractivity contribution in [3.05, 3.63) is 53.8 Å². The molecule has 0 radical (unpaired) electrons. The average Bonchev–Trinajstić information content (AvgIpc) is 3.08. The standard InChI is InChI=1S/C15H10F4N6O/c16-8-5-6-9(13-22-24-25-23-13)12(7-8)21-14(26)20-11-4-2-1-3-10(11)15(17,18)19/h1-7H,(H2,20,21,26)(H,22,23,24,25). The van der Waals surface area contributed by atoms with Crippen molar-refractivity contribution in [2.24, 2.45) is 0 Å². The van der Waals surface area contributed by atoms with Crippen LogP contribution in [0.3, 0.4) is 0 Å². The molecule has 3 N–H and O–H groups in total. The third-order valence-electron chi connectivity index (χ3n) is 3.30. The topological polar surface area (TPSA) is 95.6 Å². The second-order valence-electron chi connectivity index (χ2n) is 5.05. The molecule has 2 amide bonds. The second-order valence-corrected chi connectivity index (χ2v) is 5.05. The normalized spacial score (nSPS) is 11.2. The van der Waals surface area contributed by atoms with E-state index in [1.54, 1.807) is 0 Å². The number of benzene rings is 2. The van der Waals surface area contributed by atoms with Gasteiger partial charge in [0.2, 0.25) is 5.82 Å². The molecule has 7 nitrogen and oxygen atoms in total. The van der Waals surface area contributed by atoms with Gasteiger partial charge in [-0.25, -0.2) is 9.18 Å². The predicted molar refractivity (Wildman–Crippen MR) is 83.7 cm³/mol. The summed E-state index contributed by atoms with van der Waals surface area (Å²) in [6.45, 7) is 0. The number of hydrogen-bond donors (Lipinski definition) is 3. The lowest BCUT2D eigenvalue weighted by Crippen LogP contribution is -2.22. The number of amides is 2. The molecule has 2 aromatic carbocycles. The first kappa shape index (κ1) is 17.3. The summed E-state index contributed by atoms with van der Waals surface area (Å²) >= 11 is 0. The Kier molecular flexibility index (Phi) is 4.52. The quantitative estimate of drug-likeness (QED) is 0.617. The van der Waals surface area contributed by atoms with E-state index in [0.29, 0.717) is 0 Å². The van der Waals surface area contributed by atoms with Crippen molar-refractivity contribution in [3.63, 3.8) is 0 Å². The highest BCUT2D eigenvalue weighted by atomic mass is 19.4. The van der Waals surface area contributed by atoms with Gasteiger partial charge in [0.05, 0.1) is 16.9 Å². The van der Waals surface area contributed by atoms with Gasteiger partial charge in [-0.2, -0.15) is 18.4 Å². The molecule has 0 aliphatic carbocycles. The highest BCUT2D eigenvalue weighted by Crippen LogP contribution is 2.34. The molecule has 0 bridgehead atoms. The van der Waals surface area contributed by atoms with Gasteiger partial charge in [-0.3, -0.25) is 0 Å². The number of hydrogen-bond acceptors (Lipinski definition) is 4. The Hall–Kier alpha value is -3.50. The highest BCUT2D eigenvalue weighted by molar-refractivity contribution is 6.02. The maximum Gasteiger partial charge on any atom is 0.418 e. The van der Waals surface area contributed by atoms with E-state index < -0.39 is 29.3 Å². The fraction of sp³-hybridized carbons (Fsp3) is 0.0667. The van der Waals surface area contributed by atoms with Crippen molar-refractivity contribution in [2.45, 2.75) is 6.18 Å². The van der Waals surface area contributed by atoms with Crippen LogP contribution in [0.15, 0.2) is 42.5 Å². The zero-order valence-electron chi connectivity index (χ0n) is 12.8. The first-order valence-electron chi connectivity index (χ1n) is 7.12. The van der Waals surface area contributed by atoms with E-state index in [1.807, 2.05) is 0 Å². The summed E-state index contributed by atoms with van der Waals surface area (Å²) in [4.78, 5) is 12.1. The number of aromatic nitrogens is 4. The number of aromatic amines is 1. The van der Waals surface area contributed by atoms with Crippen LogP contribution < -0.4 is 10.6 Å². The zero-order chi connectivity index (χ0) is 18.7. The number of nitrogens with zero attached hydrogens (tertiary/aromatic N) is 3. The summed E-state index contributed by atoms with van der Waals surface area (Å²) in [5, 5.41) is 17.4. The van der Waals surface area contributed by atoms with Gasteiger partial charge in [0.15, 0.2) is 0 Å². The summed E-state index contributed by atoms with van der Waals surface area (Å²) in [6, 6.07) is 6.91. The Bertz CT molecular complexity index is 926. The first-order valence-corrected chi connectivity index (χ1v) is 7.12. The van der Waals surface area contributed by atoms with Gasteiger partial charge in [0, 0.05) is 5.56 Å². The van der Waals surface area contributed by atoms with E-state index in [2.05, 4.69) is 31.3 Å². The van der Waals surface area contributed by atoms with Gasteiger partial charge in [-0.05, 0) is 35.5 Å². The lowest BCUT2D eigenvalue weighted by Gasteiger charge is -2.14. The second kappa shape index (κ2) is 6.78. The van der Waals surface area contributed by atoms with Crippen LogP contribution in [0.2, 0.25) is 0 Å². The molecule has 0 saturated heterocycles. The third-order valence-corrected chi connectivity index (χ3v) is 3.30.